The van der Waals surface area contributed by atoms with Gasteiger partial charge < -0.3 is 5.11 Å². The van der Waals surface area contributed by atoms with Crippen LogP contribution in [0.15, 0.2) is 30.3 Å². The first kappa shape index (κ1) is 13.3. The maximum Gasteiger partial charge on any atom is 0.266 e. The third kappa shape index (κ3) is 1.81. The second-order valence-electron chi connectivity index (χ2n) is 5.03. The van der Waals surface area contributed by atoms with E-state index in [9.17, 15) is 19.1 Å². The molecule has 5 heteroatoms. The summed E-state index contributed by atoms with van der Waals surface area (Å²) in [6.45, 7) is 3.47. The molecule has 0 aliphatic carbocycles. The van der Waals surface area contributed by atoms with Crippen LogP contribution in [-0.2, 0) is 0 Å². The highest BCUT2D eigenvalue weighted by Crippen LogP contribution is 2.34. The van der Waals surface area contributed by atoms with Crippen molar-refractivity contribution in [1.82, 2.24) is 0 Å². The van der Waals surface area contributed by atoms with Crippen LogP contribution >= 0.6 is 0 Å². The maximum atomic E-state index is 14.0. The molecule has 1 N–H and O–H groups in total. The Kier molecular flexibility index (Phi) is 2.79. The SMILES string of the molecule is Cc1ccc(C)c2c1C(=O)N(c1ccc(O)cc1F)C2=O. The first-order valence-corrected chi connectivity index (χ1v) is 6.39. The number of carbonyl (C=O) groups excluding carboxylic acids is 2. The third-order valence-electron chi connectivity index (χ3n) is 3.63. The lowest BCUT2D eigenvalue weighted by Crippen LogP contribution is -2.30. The summed E-state index contributed by atoms with van der Waals surface area (Å²) in [6.07, 6.45) is 0. The van der Waals surface area contributed by atoms with Crippen molar-refractivity contribution < 1.29 is 19.1 Å². The average molecular weight is 285 g/mol. The van der Waals surface area contributed by atoms with Crippen LogP contribution in [0.4, 0.5) is 10.1 Å². The number of phenolic OH excluding ortho intramolecular Hbond substituents is 1. The van der Waals surface area contributed by atoms with Gasteiger partial charge in [-0.05, 0) is 37.1 Å². The predicted molar refractivity (Wildman–Crippen MR) is 75.1 cm³/mol. The largest absolute Gasteiger partial charge is 0.508 e. The Labute approximate surface area is 120 Å². The molecule has 0 radical (unpaired) electrons. The number of carbonyl (C=O) groups is 2. The van der Waals surface area contributed by atoms with E-state index >= 15 is 0 Å². The van der Waals surface area contributed by atoms with Crippen LogP contribution in [0.3, 0.4) is 0 Å². The fraction of sp³-hybridized carbons (Fsp3) is 0.125. The minimum atomic E-state index is -0.820. The van der Waals surface area contributed by atoms with E-state index in [1.54, 1.807) is 26.0 Å². The van der Waals surface area contributed by atoms with E-state index in [1.807, 2.05) is 0 Å². The van der Waals surface area contributed by atoms with Crippen molar-refractivity contribution in [2.45, 2.75) is 13.8 Å². The lowest BCUT2D eigenvalue weighted by atomic mass is 9.99. The van der Waals surface area contributed by atoms with E-state index in [2.05, 4.69) is 0 Å². The normalized spacial score (nSPS) is 13.8. The van der Waals surface area contributed by atoms with Gasteiger partial charge >= 0.3 is 0 Å². The Morgan fingerprint density at radius 1 is 0.952 bits per heavy atom. The summed E-state index contributed by atoms with van der Waals surface area (Å²) in [7, 11) is 0. The van der Waals surface area contributed by atoms with Crippen molar-refractivity contribution >= 4 is 17.5 Å². The summed E-state index contributed by atoms with van der Waals surface area (Å²) in [5.74, 6) is -2.17. The van der Waals surface area contributed by atoms with Crippen LogP contribution in [0, 0.1) is 19.7 Å². The van der Waals surface area contributed by atoms with E-state index in [0.717, 1.165) is 11.0 Å². The number of halogens is 1. The van der Waals surface area contributed by atoms with Crippen molar-refractivity contribution in [2.24, 2.45) is 0 Å². The van der Waals surface area contributed by atoms with Gasteiger partial charge in [-0.25, -0.2) is 9.29 Å². The van der Waals surface area contributed by atoms with E-state index in [0.29, 0.717) is 22.3 Å². The van der Waals surface area contributed by atoms with Gasteiger partial charge in [-0.2, -0.15) is 0 Å². The Balaban J connectivity index is 2.21. The molecule has 0 bridgehead atoms. The smallest absolute Gasteiger partial charge is 0.266 e. The number of benzene rings is 2. The molecule has 0 unspecified atom stereocenters. The van der Waals surface area contributed by atoms with E-state index in [-0.39, 0.29) is 11.4 Å². The van der Waals surface area contributed by atoms with Gasteiger partial charge in [-0.3, -0.25) is 9.59 Å². The number of aromatic hydroxyl groups is 1. The standard InChI is InChI=1S/C16H12FNO3/c1-8-3-4-9(2)14-13(8)15(20)18(16(14)21)12-6-5-10(19)7-11(12)17/h3-7,19H,1-2H3. The Hall–Kier alpha value is -2.69. The number of hydrogen-bond acceptors (Lipinski definition) is 3. The molecule has 2 aromatic carbocycles. The van der Waals surface area contributed by atoms with Crippen LogP contribution in [-0.4, -0.2) is 16.9 Å². The number of aryl methyl sites for hydroxylation is 2. The topological polar surface area (TPSA) is 57.6 Å². The monoisotopic (exact) mass is 285 g/mol. The Bertz CT molecular complexity index is 757. The number of fused-ring (bicyclic) bond motifs is 1. The maximum absolute atomic E-state index is 14.0. The predicted octanol–water partition coefficient (Wildman–Crippen LogP) is 2.95. The zero-order valence-corrected chi connectivity index (χ0v) is 11.5. The molecule has 1 aliphatic heterocycles. The molecule has 4 nitrogen and oxygen atoms in total. The number of nitrogens with zero attached hydrogens (tertiary/aromatic N) is 1. The fourth-order valence-corrected chi connectivity index (χ4v) is 2.57. The van der Waals surface area contributed by atoms with Gasteiger partial charge in [0.05, 0.1) is 16.8 Å². The zero-order chi connectivity index (χ0) is 15.3. The molecule has 0 saturated carbocycles. The Morgan fingerprint density at radius 3 is 1.95 bits per heavy atom. The number of rotatable bonds is 1. The zero-order valence-electron chi connectivity index (χ0n) is 11.5. The molecule has 0 saturated heterocycles. The number of phenols is 1. The number of anilines is 1. The van der Waals surface area contributed by atoms with Gasteiger partial charge in [0.1, 0.15) is 5.75 Å². The number of hydrogen-bond donors (Lipinski definition) is 1. The summed E-state index contributed by atoms with van der Waals surface area (Å²) < 4.78 is 14.0. The van der Waals surface area contributed by atoms with Crippen LogP contribution in [0.2, 0.25) is 0 Å². The molecule has 0 aromatic heterocycles. The summed E-state index contributed by atoms with van der Waals surface area (Å²) in [4.78, 5) is 25.8. The minimum absolute atomic E-state index is 0.155. The van der Waals surface area contributed by atoms with Crippen molar-refractivity contribution in [3.8, 4) is 5.75 Å². The highest BCUT2D eigenvalue weighted by molar-refractivity contribution is 6.35. The van der Waals surface area contributed by atoms with Crippen molar-refractivity contribution in [3.63, 3.8) is 0 Å². The highest BCUT2D eigenvalue weighted by Gasteiger charge is 2.40. The summed E-state index contributed by atoms with van der Waals surface area (Å²) in [6, 6.07) is 6.85. The van der Waals surface area contributed by atoms with Crippen LogP contribution in [0.1, 0.15) is 31.8 Å². The molecule has 0 atom stereocenters. The van der Waals surface area contributed by atoms with Gasteiger partial charge in [0.25, 0.3) is 11.8 Å². The molecule has 2 aromatic rings. The van der Waals surface area contributed by atoms with Crippen molar-refractivity contribution in [1.29, 1.82) is 0 Å². The first-order chi connectivity index (χ1) is 9.91. The third-order valence-corrected chi connectivity index (χ3v) is 3.63. The molecule has 0 fully saturated rings. The van der Waals surface area contributed by atoms with Crippen molar-refractivity contribution in [2.75, 3.05) is 4.90 Å². The van der Waals surface area contributed by atoms with E-state index in [4.69, 9.17) is 0 Å². The summed E-state index contributed by atoms with van der Waals surface area (Å²) in [5.41, 5.74) is 1.82. The lowest BCUT2D eigenvalue weighted by molar-refractivity contribution is 0.0924. The molecule has 21 heavy (non-hydrogen) atoms. The van der Waals surface area contributed by atoms with E-state index < -0.39 is 17.6 Å². The first-order valence-electron chi connectivity index (χ1n) is 6.39. The molecule has 1 heterocycles. The molecular formula is C16H12FNO3. The van der Waals surface area contributed by atoms with Gasteiger partial charge in [-0.15, -0.1) is 0 Å². The molecule has 3 rings (SSSR count). The molecule has 0 spiro atoms. The molecular weight excluding hydrogens is 273 g/mol. The average Bonchev–Trinajstić information content (AvgIpc) is 2.68. The molecule has 106 valence electrons. The fourth-order valence-electron chi connectivity index (χ4n) is 2.57. The summed E-state index contributed by atoms with van der Waals surface area (Å²) >= 11 is 0. The second-order valence-corrected chi connectivity index (χ2v) is 5.03. The van der Waals surface area contributed by atoms with Crippen molar-refractivity contribution in [3.05, 3.63) is 58.4 Å². The highest BCUT2D eigenvalue weighted by atomic mass is 19.1. The van der Waals surface area contributed by atoms with E-state index in [1.165, 1.54) is 12.1 Å². The number of imide groups is 1. The van der Waals surface area contributed by atoms with Gasteiger partial charge in [-0.1, -0.05) is 12.1 Å². The second kappa shape index (κ2) is 4.41. The quantitative estimate of drug-likeness (QED) is 0.819. The number of amides is 2. The lowest BCUT2D eigenvalue weighted by Gasteiger charge is -2.14. The minimum Gasteiger partial charge on any atom is -0.508 e. The van der Waals surface area contributed by atoms with Gasteiger partial charge in [0.15, 0.2) is 5.82 Å². The Morgan fingerprint density at radius 2 is 1.48 bits per heavy atom. The summed E-state index contributed by atoms with van der Waals surface area (Å²) in [5, 5.41) is 9.25. The van der Waals surface area contributed by atoms with Gasteiger partial charge in [0, 0.05) is 6.07 Å². The van der Waals surface area contributed by atoms with Crippen LogP contribution in [0.5, 0.6) is 5.75 Å². The van der Waals surface area contributed by atoms with Crippen LogP contribution in [0.25, 0.3) is 0 Å². The van der Waals surface area contributed by atoms with Gasteiger partial charge in [0.2, 0.25) is 0 Å². The van der Waals surface area contributed by atoms with Crippen LogP contribution < -0.4 is 4.90 Å². The molecule has 1 aliphatic rings. The molecule has 2 amide bonds.